The molecule has 144 valence electrons. The van der Waals surface area contributed by atoms with E-state index < -0.39 is 8.25 Å². The van der Waals surface area contributed by atoms with Crippen LogP contribution in [0.3, 0.4) is 0 Å². The van der Waals surface area contributed by atoms with Gasteiger partial charge >= 0.3 is 8.25 Å². The molecule has 0 aromatic carbocycles. The van der Waals surface area contributed by atoms with E-state index in [1.165, 1.54) is 89.9 Å². The molecule has 0 spiro atoms. The molecule has 0 bridgehead atoms. The fraction of sp³-hybridized carbons (Fsp3) is 1.00. The molecule has 23 heavy (non-hydrogen) atoms. The van der Waals surface area contributed by atoms with Gasteiger partial charge in [0.05, 0.1) is 6.61 Å². The molecular formula is C18H39NiO3P. The van der Waals surface area contributed by atoms with Gasteiger partial charge < -0.3 is 9.42 Å². The zero-order valence-corrected chi connectivity index (χ0v) is 17.1. The van der Waals surface area contributed by atoms with Gasteiger partial charge in [0.2, 0.25) is 0 Å². The first-order valence-electron chi connectivity index (χ1n) is 9.63. The Balaban J connectivity index is 0. The normalized spacial score (nSPS) is 12.1. The van der Waals surface area contributed by atoms with Crippen LogP contribution in [0.2, 0.25) is 0 Å². The predicted molar refractivity (Wildman–Crippen MR) is 96.7 cm³/mol. The fourth-order valence-corrected chi connectivity index (χ4v) is 3.13. The summed E-state index contributed by atoms with van der Waals surface area (Å²) >= 11 is 0. The van der Waals surface area contributed by atoms with Crippen molar-refractivity contribution < 1.29 is 30.5 Å². The first kappa shape index (κ1) is 25.9. The van der Waals surface area contributed by atoms with Crippen molar-refractivity contribution in [1.82, 2.24) is 0 Å². The maximum atomic E-state index is 10.3. The number of unbranched alkanes of at least 4 members (excludes halogenated alkanes) is 15. The molecule has 1 N–H and O–H groups in total. The van der Waals surface area contributed by atoms with Gasteiger partial charge in [-0.3, -0.25) is 4.57 Å². The third-order valence-electron chi connectivity index (χ3n) is 4.22. The summed E-state index contributed by atoms with van der Waals surface area (Å²) in [5.74, 6) is 0. The van der Waals surface area contributed by atoms with Crippen molar-refractivity contribution in [3.8, 4) is 0 Å². The number of rotatable bonds is 18. The molecule has 1 unspecified atom stereocenters. The monoisotopic (exact) mass is 392 g/mol. The van der Waals surface area contributed by atoms with E-state index >= 15 is 0 Å². The van der Waals surface area contributed by atoms with E-state index in [1.807, 2.05) is 0 Å². The van der Waals surface area contributed by atoms with Gasteiger partial charge in [-0.05, 0) is 6.42 Å². The van der Waals surface area contributed by atoms with E-state index in [0.29, 0.717) is 6.61 Å². The van der Waals surface area contributed by atoms with E-state index in [9.17, 15) is 4.57 Å². The maximum absolute atomic E-state index is 10.3. The zero-order valence-electron chi connectivity index (χ0n) is 15.1. The third kappa shape index (κ3) is 25.0. The molecule has 3 nitrogen and oxygen atoms in total. The second kappa shape index (κ2) is 22.6. The molecular weight excluding hydrogens is 354 g/mol. The zero-order chi connectivity index (χ0) is 16.3. The van der Waals surface area contributed by atoms with Crippen molar-refractivity contribution >= 4 is 8.25 Å². The van der Waals surface area contributed by atoms with Crippen LogP contribution in [0.1, 0.15) is 110 Å². The van der Waals surface area contributed by atoms with Crippen LogP contribution in [-0.2, 0) is 25.6 Å². The summed E-state index contributed by atoms with van der Waals surface area (Å²) in [7, 11) is -2.70. The van der Waals surface area contributed by atoms with Gasteiger partial charge in [-0.25, -0.2) is 0 Å². The summed E-state index contributed by atoms with van der Waals surface area (Å²) in [6, 6.07) is 0. The first-order chi connectivity index (χ1) is 10.8. The second-order valence-corrected chi connectivity index (χ2v) is 7.24. The Labute approximate surface area is 155 Å². The molecule has 0 saturated carbocycles. The van der Waals surface area contributed by atoms with Crippen LogP contribution >= 0.6 is 8.25 Å². The molecule has 0 aromatic rings. The molecule has 1 atom stereocenters. The summed E-state index contributed by atoms with van der Waals surface area (Å²) in [5.41, 5.74) is 0. The van der Waals surface area contributed by atoms with Gasteiger partial charge in [-0.15, -0.1) is 0 Å². The molecule has 0 heterocycles. The van der Waals surface area contributed by atoms with Crippen LogP contribution in [-0.4, -0.2) is 11.5 Å². The van der Waals surface area contributed by atoms with E-state index in [4.69, 9.17) is 4.89 Å². The number of hydrogen-bond acceptors (Lipinski definition) is 2. The van der Waals surface area contributed by atoms with Crippen LogP contribution in [0.4, 0.5) is 0 Å². The quantitative estimate of drug-likeness (QED) is 0.161. The summed E-state index contributed by atoms with van der Waals surface area (Å²) in [5, 5.41) is 0. The van der Waals surface area contributed by atoms with Gasteiger partial charge in [-0.2, -0.15) is 0 Å². The van der Waals surface area contributed by atoms with Crippen molar-refractivity contribution in [2.24, 2.45) is 0 Å². The Kier molecular flexibility index (Phi) is 25.5. The van der Waals surface area contributed by atoms with Crippen molar-refractivity contribution in [2.75, 3.05) is 6.61 Å². The molecule has 0 rings (SSSR count). The van der Waals surface area contributed by atoms with E-state index in [0.717, 1.165) is 12.8 Å². The van der Waals surface area contributed by atoms with E-state index in [1.54, 1.807) is 0 Å². The average Bonchev–Trinajstić information content (AvgIpc) is 2.50. The van der Waals surface area contributed by atoms with Gasteiger partial charge in [0.25, 0.3) is 0 Å². The van der Waals surface area contributed by atoms with Crippen molar-refractivity contribution in [3.63, 3.8) is 0 Å². The van der Waals surface area contributed by atoms with Crippen LogP contribution in [0.25, 0.3) is 0 Å². The van der Waals surface area contributed by atoms with Crippen LogP contribution in [0, 0.1) is 0 Å². The topological polar surface area (TPSA) is 46.5 Å². The van der Waals surface area contributed by atoms with E-state index in [-0.39, 0.29) is 16.5 Å². The molecule has 0 aliphatic carbocycles. The smallest absolute Gasteiger partial charge is 0.316 e. The van der Waals surface area contributed by atoms with Gasteiger partial charge in [0.1, 0.15) is 0 Å². The minimum Gasteiger partial charge on any atom is -0.326 e. The van der Waals surface area contributed by atoms with Crippen LogP contribution < -0.4 is 0 Å². The Morgan fingerprint density at radius 3 is 1.26 bits per heavy atom. The summed E-state index contributed by atoms with van der Waals surface area (Å²) in [6.45, 7) is 2.71. The summed E-state index contributed by atoms with van der Waals surface area (Å²) < 4.78 is 15.0. The summed E-state index contributed by atoms with van der Waals surface area (Å²) in [6.07, 6.45) is 21.4. The summed E-state index contributed by atoms with van der Waals surface area (Å²) in [4.78, 5) is 8.50. The number of hydrogen-bond donors (Lipinski definition) is 1. The third-order valence-corrected chi connectivity index (χ3v) is 4.67. The maximum Gasteiger partial charge on any atom is 0.316 e. The van der Waals surface area contributed by atoms with Crippen molar-refractivity contribution in [2.45, 2.75) is 110 Å². The standard InChI is InChI=1S/C18H39O3P.Ni/c1-2-3-4-5-6-7-8-9-10-11-12-13-14-15-16-17-18-21-22(19)20;/h22H,2-18H2,1H3,(H,19,20);. The second-order valence-electron chi connectivity index (χ2n) is 6.42. The fourth-order valence-electron chi connectivity index (χ4n) is 2.81. The Bertz CT molecular complexity index is 240. The molecule has 0 aliphatic heterocycles. The average molecular weight is 393 g/mol. The Morgan fingerprint density at radius 1 is 0.652 bits per heavy atom. The van der Waals surface area contributed by atoms with E-state index in [2.05, 4.69) is 11.4 Å². The van der Waals surface area contributed by atoms with Crippen LogP contribution in [0.15, 0.2) is 0 Å². The van der Waals surface area contributed by atoms with Crippen molar-refractivity contribution in [1.29, 1.82) is 0 Å². The molecule has 0 amide bonds. The van der Waals surface area contributed by atoms with Gasteiger partial charge in [0, 0.05) is 16.5 Å². The predicted octanol–water partition coefficient (Wildman–Crippen LogP) is 6.64. The SMILES string of the molecule is CCCCCCCCCCCCCCCCCCO[PH](=O)O.[Ni]. The molecule has 0 aliphatic rings. The minimum atomic E-state index is -2.70. The molecule has 0 saturated heterocycles. The molecule has 0 fully saturated rings. The van der Waals surface area contributed by atoms with Crippen molar-refractivity contribution in [3.05, 3.63) is 0 Å². The minimum absolute atomic E-state index is 0. The van der Waals surface area contributed by atoms with Gasteiger partial charge in [0.15, 0.2) is 0 Å². The van der Waals surface area contributed by atoms with Gasteiger partial charge in [-0.1, -0.05) is 103 Å². The Hall–Kier alpha value is 0.644. The molecule has 0 aromatic heterocycles. The largest absolute Gasteiger partial charge is 0.326 e. The molecule has 5 heteroatoms. The molecule has 0 radical (unpaired) electrons. The van der Waals surface area contributed by atoms with Crippen LogP contribution in [0.5, 0.6) is 0 Å². The first-order valence-corrected chi connectivity index (χ1v) is 10.9. The Morgan fingerprint density at radius 2 is 0.957 bits per heavy atom.